The van der Waals surface area contributed by atoms with Crippen LogP contribution < -0.4 is 14.8 Å². The van der Waals surface area contributed by atoms with Gasteiger partial charge in [-0.2, -0.15) is 0 Å². The molecule has 1 atom stereocenters. The summed E-state index contributed by atoms with van der Waals surface area (Å²) in [5.74, 6) is 0.528. The Bertz CT molecular complexity index is 1320. The van der Waals surface area contributed by atoms with Gasteiger partial charge in [0.15, 0.2) is 6.61 Å². The predicted molar refractivity (Wildman–Crippen MR) is 146 cm³/mol. The largest absolute Gasteiger partial charge is 0.482 e. The molecule has 2 aromatic carbocycles. The normalized spacial score (nSPS) is 18.2. The summed E-state index contributed by atoms with van der Waals surface area (Å²) < 4.78 is 11.0. The molecule has 9 heteroatoms. The Balaban J connectivity index is 1.15. The van der Waals surface area contributed by atoms with Gasteiger partial charge in [-0.3, -0.25) is 4.90 Å². The highest BCUT2D eigenvalue weighted by Gasteiger charge is 2.38. The molecule has 1 aromatic heterocycles. The number of likely N-dealkylation sites (tertiary alicyclic amines) is 1. The van der Waals surface area contributed by atoms with E-state index in [4.69, 9.17) is 14.6 Å². The maximum Gasteiger partial charge on any atom is 0.341 e. The lowest BCUT2D eigenvalue weighted by Crippen LogP contribution is -2.46. The number of aliphatic carboxylic acids is 1. The summed E-state index contributed by atoms with van der Waals surface area (Å²) in [6, 6.07) is 19.5. The van der Waals surface area contributed by atoms with Gasteiger partial charge in [0.25, 0.3) is 0 Å². The third-order valence-electron chi connectivity index (χ3n) is 7.37. The van der Waals surface area contributed by atoms with Gasteiger partial charge < -0.3 is 24.8 Å². The number of carbonyl (C=O) groups is 2. The number of urea groups is 1. The van der Waals surface area contributed by atoms with Gasteiger partial charge in [-0.05, 0) is 62.1 Å². The summed E-state index contributed by atoms with van der Waals surface area (Å²) in [7, 11) is 0. The maximum absolute atomic E-state index is 12.7. The molecule has 1 unspecified atom stereocenters. The Labute approximate surface area is 228 Å². The molecule has 0 spiro atoms. The first kappa shape index (κ1) is 26.5. The molecule has 2 N–H and O–H groups in total. The summed E-state index contributed by atoms with van der Waals surface area (Å²) in [5.41, 5.74) is 4.47. The second kappa shape index (κ2) is 11.7. The highest BCUT2D eigenvalue weighted by Crippen LogP contribution is 2.32. The van der Waals surface area contributed by atoms with E-state index in [1.165, 1.54) is 11.1 Å². The molecule has 0 saturated carbocycles. The van der Waals surface area contributed by atoms with E-state index in [1.54, 1.807) is 24.3 Å². The third-order valence-corrected chi connectivity index (χ3v) is 7.37. The van der Waals surface area contributed by atoms with Gasteiger partial charge in [0.2, 0.25) is 5.88 Å². The topological polar surface area (TPSA) is 104 Å². The highest BCUT2D eigenvalue weighted by molar-refractivity contribution is 5.77. The van der Waals surface area contributed by atoms with E-state index in [0.717, 1.165) is 43.7 Å². The number of rotatable bonds is 9. The van der Waals surface area contributed by atoms with Gasteiger partial charge in [0.05, 0.1) is 6.04 Å². The van der Waals surface area contributed by atoms with E-state index >= 15 is 0 Å². The van der Waals surface area contributed by atoms with Gasteiger partial charge in [0, 0.05) is 44.0 Å². The Hall–Kier alpha value is -4.11. The second-order valence-corrected chi connectivity index (χ2v) is 10.2. The number of aryl methyl sites for hydroxylation is 2. The smallest absolute Gasteiger partial charge is 0.341 e. The number of carboxylic acids is 1. The van der Waals surface area contributed by atoms with Crippen molar-refractivity contribution >= 4 is 12.0 Å². The molecule has 5 rings (SSSR count). The zero-order valence-corrected chi connectivity index (χ0v) is 22.3. The van der Waals surface area contributed by atoms with Crippen molar-refractivity contribution in [1.29, 1.82) is 0 Å². The van der Waals surface area contributed by atoms with Crippen molar-refractivity contribution in [2.24, 2.45) is 0 Å². The molecule has 2 saturated heterocycles. The maximum atomic E-state index is 12.7. The molecule has 2 fully saturated rings. The van der Waals surface area contributed by atoms with Crippen LogP contribution in [-0.4, -0.2) is 64.2 Å². The molecular formula is C30H34N4O5. The Morgan fingerprint density at radius 3 is 2.49 bits per heavy atom. The Morgan fingerprint density at radius 2 is 1.79 bits per heavy atom. The molecule has 3 heterocycles. The van der Waals surface area contributed by atoms with Crippen LogP contribution in [0.4, 0.5) is 4.79 Å². The van der Waals surface area contributed by atoms with Crippen LogP contribution in [0.2, 0.25) is 0 Å². The summed E-state index contributed by atoms with van der Waals surface area (Å²) in [5, 5.41) is 11.8. The van der Waals surface area contributed by atoms with Crippen LogP contribution in [0.25, 0.3) is 0 Å². The fraction of sp³-hybridized carbons (Fsp3) is 0.367. The number of carbonyl (C=O) groups excluding carboxylic acids is 1. The fourth-order valence-electron chi connectivity index (χ4n) is 5.35. The minimum absolute atomic E-state index is 0.0398. The molecule has 204 valence electrons. The number of ether oxygens (including phenoxy) is 2. The van der Waals surface area contributed by atoms with Crippen molar-refractivity contribution in [2.75, 3.05) is 26.2 Å². The zero-order valence-electron chi connectivity index (χ0n) is 22.3. The zero-order chi connectivity index (χ0) is 27.4. The molecule has 0 bridgehead atoms. The molecule has 2 aliphatic heterocycles. The lowest BCUT2D eigenvalue weighted by Gasteiger charge is -2.39. The Kier molecular flexibility index (Phi) is 7.97. The SMILES string of the molecule is Cc1cccc(C2CNC(=O)N2C2CCN(Cc3ccc(Oc4ccc(OCC(=O)O)cc4)nc3C)CC2)c1. The number of hydrogen-bond acceptors (Lipinski definition) is 6. The third kappa shape index (κ3) is 6.49. The summed E-state index contributed by atoms with van der Waals surface area (Å²) in [6.07, 6.45) is 1.88. The van der Waals surface area contributed by atoms with Gasteiger partial charge in [0.1, 0.15) is 11.5 Å². The highest BCUT2D eigenvalue weighted by atomic mass is 16.5. The summed E-state index contributed by atoms with van der Waals surface area (Å²) in [6.45, 7) is 6.98. The first-order valence-corrected chi connectivity index (χ1v) is 13.3. The van der Waals surface area contributed by atoms with Crippen molar-refractivity contribution in [3.63, 3.8) is 0 Å². The molecule has 0 aliphatic carbocycles. The van der Waals surface area contributed by atoms with E-state index < -0.39 is 5.97 Å². The van der Waals surface area contributed by atoms with E-state index in [0.29, 0.717) is 23.9 Å². The monoisotopic (exact) mass is 530 g/mol. The molecule has 2 aliphatic rings. The Morgan fingerprint density at radius 1 is 1.05 bits per heavy atom. The van der Waals surface area contributed by atoms with Gasteiger partial charge >= 0.3 is 12.0 Å². The van der Waals surface area contributed by atoms with E-state index in [1.807, 2.05) is 13.0 Å². The van der Waals surface area contributed by atoms with Gasteiger partial charge in [-0.1, -0.05) is 35.9 Å². The molecule has 2 amide bonds. The number of benzene rings is 2. The van der Waals surface area contributed by atoms with Crippen molar-refractivity contribution in [1.82, 2.24) is 20.1 Å². The van der Waals surface area contributed by atoms with E-state index in [-0.39, 0.29) is 24.7 Å². The van der Waals surface area contributed by atoms with Crippen LogP contribution in [0, 0.1) is 13.8 Å². The second-order valence-electron chi connectivity index (χ2n) is 10.2. The molecule has 3 aromatic rings. The van der Waals surface area contributed by atoms with Crippen LogP contribution in [-0.2, 0) is 11.3 Å². The number of aromatic nitrogens is 1. The van der Waals surface area contributed by atoms with E-state index in [2.05, 4.69) is 57.4 Å². The summed E-state index contributed by atoms with van der Waals surface area (Å²) >= 11 is 0. The minimum Gasteiger partial charge on any atom is -0.482 e. The lowest BCUT2D eigenvalue weighted by molar-refractivity contribution is -0.139. The minimum atomic E-state index is -1.02. The lowest BCUT2D eigenvalue weighted by atomic mass is 9.98. The summed E-state index contributed by atoms with van der Waals surface area (Å²) in [4.78, 5) is 32.5. The molecular weight excluding hydrogens is 496 g/mol. The first-order chi connectivity index (χ1) is 18.9. The van der Waals surface area contributed by atoms with Gasteiger partial charge in [-0.15, -0.1) is 0 Å². The van der Waals surface area contributed by atoms with Crippen LogP contribution >= 0.6 is 0 Å². The number of pyridine rings is 1. The van der Waals surface area contributed by atoms with Crippen LogP contribution in [0.5, 0.6) is 17.4 Å². The van der Waals surface area contributed by atoms with Gasteiger partial charge in [-0.25, -0.2) is 14.6 Å². The van der Waals surface area contributed by atoms with Crippen LogP contribution in [0.1, 0.15) is 41.3 Å². The van der Waals surface area contributed by atoms with Crippen LogP contribution in [0.15, 0.2) is 60.7 Å². The predicted octanol–water partition coefficient (Wildman–Crippen LogP) is 4.69. The van der Waals surface area contributed by atoms with Crippen molar-refractivity contribution in [3.05, 3.63) is 83.0 Å². The van der Waals surface area contributed by atoms with Crippen molar-refractivity contribution in [3.8, 4) is 17.4 Å². The average Bonchev–Trinajstić information content (AvgIpc) is 3.31. The number of nitrogens with zero attached hydrogens (tertiary/aromatic N) is 3. The standard InChI is InChI=1S/C30H34N4O5/c1-20-4-3-5-22(16-20)27-17-31-30(37)34(27)24-12-14-33(15-13-24)18-23-6-11-28(32-21(23)2)39-26-9-7-25(8-10-26)38-19-29(35)36/h3-11,16,24,27H,12-15,17-19H2,1-2H3,(H,31,37)(H,35,36). The van der Waals surface area contributed by atoms with E-state index in [9.17, 15) is 9.59 Å². The number of nitrogens with one attached hydrogen (secondary N) is 1. The number of hydrogen-bond donors (Lipinski definition) is 2. The number of carboxylic acid groups (broad SMARTS) is 1. The molecule has 0 radical (unpaired) electrons. The molecule has 39 heavy (non-hydrogen) atoms. The first-order valence-electron chi connectivity index (χ1n) is 13.3. The number of amides is 2. The van der Waals surface area contributed by atoms with Crippen molar-refractivity contribution in [2.45, 2.75) is 45.3 Å². The quantitative estimate of drug-likeness (QED) is 0.414. The van der Waals surface area contributed by atoms with Crippen molar-refractivity contribution < 1.29 is 24.2 Å². The number of piperidine rings is 1. The average molecular weight is 531 g/mol. The van der Waals surface area contributed by atoms with Crippen LogP contribution in [0.3, 0.4) is 0 Å². The fourth-order valence-corrected chi connectivity index (χ4v) is 5.35. The molecule has 9 nitrogen and oxygen atoms in total.